The van der Waals surface area contributed by atoms with Gasteiger partial charge in [0.2, 0.25) is 0 Å². The van der Waals surface area contributed by atoms with Gasteiger partial charge < -0.3 is 10.2 Å². The van der Waals surface area contributed by atoms with Gasteiger partial charge in [0.1, 0.15) is 5.69 Å². The van der Waals surface area contributed by atoms with Crippen molar-refractivity contribution in [1.29, 1.82) is 0 Å². The van der Waals surface area contributed by atoms with E-state index in [4.69, 9.17) is 11.6 Å². The number of fused-ring (bicyclic) bond motifs is 3. The Kier molecular flexibility index (Phi) is 6.32. The third kappa shape index (κ3) is 3.77. The van der Waals surface area contributed by atoms with Crippen LogP contribution in [0, 0.1) is 0 Å². The molecule has 0 radical (unpaired) electrons. The first-order chi connectivity index (χ1) is 10.7. The number of likely N-dealkylation sites (tertiary alicyclic amines) is 1. The summed E-state index contributed by atoms with van der Waals surface area (Å²) in [7, 11) is 0. The van der Waals surface area contributed by atoms with Crippen LogP contribution in [0.5, 0.6) is 0 Å². The molecule has 2 aliphatic heterocycles. The molecule has 0 aliphatic carbocycles. The van der Waals surface area contributed by atoms with E-state index in [0.717, 1.165) is 36.8 Å². The molecule has 2 fully saturated rings. The Morgan fingerprint density at radius 2 is 1.88 bits per heavy atom. The molecule has 2 aromatic rings. The highest BCUT2D eigenvalue weighted by Crippen LogP contribution is 2.22. The molecular weight excluding hydrogens is 369 g/mol. The van der Waals surface area contributed by atoms with Gasteiger partial charge in [-0.3, -0.25) is 4.79 Å². The first-order valence-corrected chi connectivity index (χ1v) is 8.18. The average molecular weight is 389 g/mol. The molecule has 0 spiro atoms. The predicted octanol–water partition coefficient (Wildman–Crippen LogP) is 3.70. The van der Waals surface area contributed by atoms with Crippen LogP contribution < -0.4 is 5.32 Å². The number of hydrogen-bond acceptors (Lipinski definition) is 3. The standard InChI is InChI=1S/C17H18ClN3O.2ClH/c18-12-3-1-11-2-6-15(20-16(11)9-12)17(22)21-8-7-13-4-5-14(10-21)19-13;;/h1-3,6,9,13-14,19H,4-5,7-8,10H2;2*1H. The van der Waals surface area contributed by atoms with Gasteiger partial charge in [0.05, 0.1) is 5.52 Å². The molecule has 1 N–H and O–H groups in total. The molecule has 2 aliphatic rings. The van der Waals surface area contributed by atoms with Gasteiger partial charge in [-0.25, -0.2) is 4.98 Å². The van der Waals surface area contributed by atoms with Crippen molar-refractivity contribution in [1.82, 2.24) is 15.2 Å². The van der Waals surface area contributed by atoms with Crippen molar-refractivity contribution in [3.63, 3.8) is 0 Å². The highest BCUT2D eigenvalue weighted by atomic mass is 35.5. The second-order valence-electron chi connectivity index (χ2n) is 6.21. The van der Waals surface area contributed by atoms with E-state index >= 15 is 0 Å². The van der Waals surface area contributed by atoms with Gasteiger partial charge in [-0.1, -0.05) is 23.7 Å². The van der Waals surface area contributed by atoms with Crippen LogP contribution in [0.2, 0.25) is 5.02 Å². The van der Waals surface area contributed by atoms with Crippen molar-refractivity contribution in [3.8, 4) is 0 Å². The molecule has 4 rings (SSSR count). The van der Waals surface area contributed by atoms with E-state index < -0.39 is 0 Å². The first kappa shape index (κ1) is 19.3. The number of carbonyl (C=O) groups is 1. The number of halogens is 3. The van der Waals surface area contributed by atoms with Crippen molar-refractivity contribution in [2.45, 2.75) is 31.3 Å². The molecular formula is C17H20Cl3N3O. The summed E-state index contributed by atoms with van der Waals surface area (Å²) in [6, 6.07) is 10.3. The zero-order valence-corrected chi connectivity index (χ0v) is 15.5. The molecule has 0 saturated carbocycles. The fourth-order valence-corrected chi connectivity index (χ4v) is 3.67. The number of aromatic nitrogens is 1. The number of rotatable bonds is 1. The average Bonchev–Trinajstić information content (AvgIpc) is 2.85. The zero-order valence-electron chi connectivity index (χ0n) is 13.1. The second kappa shape index (κ2) is 7.87. The Bertz CT molecular complexity index is 740. The maximum Gasteiger partial charge on any atom is 0.272 e. The van der Waals surface area contributed by atoms with Gasteiger partial charge in [-0.05, 0) is 37.5 Å². The summed E-state index contributed by atoms with van der Waals surface area (Å²) in [6.45, 7) is 1.59. The summed E-state index contributed by atoms with van der Waals surface area (Å²) in [6.07, 6.45) is 3.43. The number of amides is 1. The fraction of sp³-hybridized carbons (Fsp3) is 0.412. The fourth-order valence-electron chi connectivity index (χ4n) is 3.50. The monoisotopic (exact) mass is 387 g/mol. The molecule has 130 valence electrons. The summed E-state index contributed by atoms with van der Waals surface area (Å²) in [5.41, 5.74) is 1.28. The largest absolute Gasteiger partial charge is 0.336 e. The number of carbonyl (C=O) groups excluding carboxylic acids is 1. The van der Waals surface area contributed by atoms with Crippen molar-refractivity contribution in [2.24, 2.45) is 0 Å². The van der Waals surface area contributed by atoms with Crippen LogP contribution in [0.1, 0.15) is 29.8 Å². The Morgan fingerprint density at radius 1 is 1.12 bits per heavy atom. The molecule has 7 heteroatoms. The van der Waals surface area contributed by atoms with Gasteiger partial charge in [0.25, 0.3) is 5.91 Å². The number of nitrogens with one attached hydrogen (secondary N) is 1. The highest BCUT2D eigenvalue weighted by molar-refractivity contribution is 6.31. The van der Waals surface area contributed by atoms with Crippen LogP contribution in [0.15, 0.2) is 30.3 Å². The van der Waals surface area contributed by atoms with Crippen molar-refractivity contribution >= 4 is 53.2 Å². The summed E-state index contributed by atoms with van der Waals surface area (Å²) < 4.78 is 0. The van der Waals surface area contributed by atoms with Crippen LogP contribution >= 0.6 is 36.4 Å². The van der Waals surface area contributed by atoms with Gasteiger partial charge in [0, 0.05) is 35.6 Å². The normalized spacial score (nSPS) is 22.5. The van der Waals surface area contributed by atoms with E-state index in [9.17, 15) is 4.79 Å². The SMILES string of the molecule is Cl.Cl.O=C(c1ccc2ccc(Cl)cc2n1)N1CCC2CCC(C1)N2. The minimum Gasteiger partial charge on any atom is -0.336 e. The lowest BCUT2D eigenvalue weighted by Gasteiger charge is -2.24. The second-order valence-corrected chi connectivity index (χ2v) is 6.65. The highest BCUT2D eigenvalue weighted by Gasteiger charge is 2.31. The van der Waals surface area contributed by atoms with E-state index in [1.54, 1.807) is 6.07 Å². The van der Waals surface area contributed by atoms with E-state index in [0.29, 0.717) is 22.8 Å². The molecule has 2 atom stereocenters. The van der Waals surface area contributed by atoms with Gasteiger partial charge in [0.15, 0.2) is 0 Å². The molecule has 1 amide bonds. The Balaban J connectivity index is 0.00000104. The van der Waals surface area contributed by atoms with Crippen molar-refractivity contribution < 1.29 is 4.79 Å². The Morgan fingerprint density at radius 3 is 2.71 bits per heavy atom. The van der Waals surface area contributed by atoms with Crippen molar-refractivity contribution in [2.75, 3.05) is 13.1 Å². The minimum atomic E-state index is 0. The van der Waals surface area contributed by atoms with Crippen LogP contribution in [0.4, 0.5) is 0 Å². The van der Waals surface area contributed by atoms with Crippen LogP contribution in [0.3, 0.4) is 0 Å². The third-order valence-corrected chi connectivity index (χ3v) is 4.92. The Hall–Kier alpha value is -1.07. The van der Waals surface area contributed by atoms with Crippen LogP contribution in [0.25, 0.3) is 10.9 Å². The van der Waals surface area contributed by atoms with Gasteiger partial charge in [-0.15, -0.1) is 24.8 Å². The smallest absolute Gasteiger partial charge is 0.272 e. The number of hydrogen-bond donors (Lipinski definition) is 1. The number of nitrogens with zero attached hydrogens (tertiary/aromatic N) is 2. The molecule has 2 bridgehead atoms. The molecule has 1 aromatic carbocycles. The predicted molar refractivity (Wildman–Crippen MR) is 102 cm³/mol. The number of benzene rings is 1. The zero-order chi connectivity index (χ0) is 15.1. The van der Waals surface area contributed by atoms with Gasteiger partial charge >= 0.3 is 0 Å². The quantitative estimate of drug-likeness (QED) is 0.810. The summed E-state index contributed by atoms with van der Waals surface area (Å²) in [4.78, 5) is 19.2. The molecule has 2 unspecified atom stereocenters. The third-order valence-electron chi connectivity index (χ3n) is 4.68. The van der Waals surface area contributed by atoms with E-state index in [1.165, 1.54) is 6.42 Å². The summed E-state index contributed by atoms with van der Waals surface area (Å²) in [5, 5.41) is 5.23. The molecule has 2 saturated heterocycles. The summed E-state index contributed by atoms with van der Waals surface area (Å²) in [5.74, 6) is 0.0243. The lowest BCUT2D eigenvalue weighted by Crippen LogP contribution is -2.39. The van der Waals surface area contributed by atoms with E-state index in [1.807, 2.05) is 29.2 Å². The van der Waals surface area contributed by atoms with Crippen LogP contribution in [-0.4, -0.2) is 41.0 Å². The molecule has 24 heavy (non-hydrogen) atoms. The maximum atomic E-state index is 12.8. The van der Waals surface area contributed by atoms with E-state index in [2.05, 4.69) is 10.3 Å². The lowest BCUT2D eigenvalue weighted by molar-refractivity contribution is 0.0742. The van der Waals surface area contributed by atoms with Crippen LogP contribution in [-0.2, 0) is 0 Å². The van der Waals surface area contributed by atoms with E-state index in [-0.39, 0.29) is 30.7 Å². The molecule has 3 heterocycles. The topological polar surface area (TPSA) is 45.2 Å². The Labute approximate surface area is 158 Å². The lowest BCUT2D eigenvalue weighted by atomic mass is 10.1. The van der Waals surface area contributed by atoms with Gasteiger partial charge in [-0.2, -0.15) is 0 Å². The molecule has 1 aromatic heterocycles. The van der Waals surface area contributed by atoms with Crippen molar-refractivity contribution in [3.05, 3.63) is 41.0 Å². The maximum absolute atomic E-state index is 12.8. The molecule has 4 nitrogen and oxygen atoms in total. The minimum absolute atomic E-state index is 0. The first-order valence-electron chi connectivity index (χ1n) is 7.81. The summed E-state index contributed by atoms with van der Waals surface area (Å²) >= 11 is 6.02. The number of pyridine rings is 1.